The van der Waals surface area contributed by atoms with E-state index in [2.05, 4.69) is 15.6 Å². The summed E-state index contributed by atoms with van der Waals surface area (Å²) < 4.78 is 5.23. The summed E-state index contributed by atoms with van der Waals surface area (Å²) in [6.07, 6.45) is 4.76. The summed E-state index contributed by atoms with van der Waals surface area (Å²) in [5.74, 6) is 0.748. The number of nitrogens with zero attached hydrogens (tertiary/aromatic N) is 2. The van der Waals surface area contributed by atoms with E-state index in [0.717, 1.165) is 37.6 Å². The average molecular weight is 476 g/mol. The van der Waals surface area contributed by atoms with E-state index < -0.39 is 0 Å². The molecule has 26 heavy (non-hydrogen) atoms. The minimum absolute atomic E-state index is 0. The molecule has 0 heterocycles. The van der Waals surface area contributed by atoms with Crippen molar-refractivity contribution in [3.63, 3.8) is 0 Å². The van der Waals surface area contributed by atoms with Gasteiger partial charge in [0.05, 0.1) is 11.5 Å². The second-order valence-electron chi connectivity index (χ2n) is 6.57. The van der Waals surface area contributed by atoms with E-state index in [1.807, 2.05) is 13.0 Å². The minimum atomic E-state index is -0.382. The van der Waals surface area contributed by atoms with Crippen LogP contribution < -0.4 is 10.6 Å². The van der Waals surface area contributed by atoms with Crippen LogP contribution in [0.2, 0.25) is 0 Å². The largest absolute Gasteiger partial charge is 0.385 e. The van der Waals surface area contributed by atoms with Crippen molar-refractivity contribution in [2.45, 2.75) is 39.2 Å². The number of hydrogen-bond acceptors (Lipinski definition) is 4. The van der Waals surface area contributed by atoms with Gasteiger partial charge < -0.3 is 15.4 Å². The Hall–Kier alpha value is -1.42. The molecule has 146 valence electrons. The number of halogens is 1. The molecular formula is C18H29IN4O3. The van der Waals surface area contributed by atoms with Crippen molar-refractivity contribution in [2.24, 2.45) is 10.4 Å². The van der Waals surface area contributed by atoms with Crippen LogP contribution in [-0.4, -0.2) is 37.7 Å². The first kappa shape index (κ1) is 22.6. The number of nitro benzene ring substituents is 1. The number of hydrogen-bond donors (Lipinski definition) is 2. The Bertz CT molecular complexity index is 606. The van der Waals surface area contributed by atoms with Gasteiger partial charge in [-0.1, -0.05) is 18.6 Å². The van der Waals surface area contributed by atoms with E-state index in [9.17, 15) is 10.1 Å². The Kier molecular flexibility index (Phi) is 9.85. The first-order valence-electron chi connectivity index (χ1n) is 8.83. The summed E-state index contributed by atoms with van der Waals surface area (Å²) in [4.78, 5) is 15.1. The smallest absolute Gasteiger partial charge is 0.269 e. The normalized spacial score (nSPS) is 15.5. The van der Waals surface area contributed by atoms with E-state index in [0.29, 0.717) is 12.0 Å². The first-order valence-corrected chi connectivity index (χ1v) is 8.83. The number of ether oxygens (including phenoxy) is 1. The predicted molar refractivity (Wildman–Crippen MR) is 114 cm³/mol. The number of aliphatic imine (C=N–C) groups is 1. The maximum absolute atomic E-state index is 10.9. The van der Waals surface area contributed by atoms with Gasteiger partial charge in [-0.3, -0.25) is 10.1 Å². The number of benzene rings is 1. The van der Waals surface area contributed by atoms with E-state index in [1.54, 1.807) is 19.2 Å². The van der Waals surface area contributed by atoms with Crippen LogP contribution in [0.4, 0.5) is 5.69 Å². The molecule has 0 unspecified atom stereocenters. The highest BCUT2D eigenvalue weighted by molar-refractivity contribution is 14.0. The zero-order valence-corrected chi connectivity index (χ0v) is 17.8. The van der Waals surface area contributed by atoms with Crippen LogP contribution in [0.3, 0.4) is 0 Å². The Balaban J connectivity index is 0.00000338. The molecule has 1 aliphatic carbocycles. The van der Waals surface area contributed by atoms with Gasteiger partial charge in [0.15, 0.2) is 5.96 Å². The molecule has 2 N–H and O–H groups in total. The lowest BCUT2D eigenvalue weighted by atomic mass is 9.67. The van der Waals surface area contributed by atoms with Gasteiger partial charge in [0, 0.05) is 38.9 Å². The molecule has 0 aliphatic heterocycles. The van der Waals surface area contributed by atoms with Crippen LogP contribution in [0.25, 0.3) is 0 Å². The topological polar surface area (TPSA) is 88.8 Å². The van der Waals surface area contributed by atoms with Crippen LogP contribution >= 0.6 is 24.0 Å². The third kappa shape index (κ3) is 6.71. The lowest BCUT2D eigenvalue weighted by Gasteiger charge is -2.42. The first-order chi connectivity index (χ1) is 12.1. The van der Waals surface area contributed by atoms with Crippen LogP contribution in [0.5, 0.6) is 0 Å². The Morgan fingerprint density at radius 3 is 2.73 bits per heavy atom. The number of methoxy groups -OCH3 is 1. The molecule has 0 radical (unpaired) electrons. The third-order valence-corrected chi connectivity index (χ3v) is 4.77. The Morgan fingerprint density at radius 1 is 1.38 bits per heavy atom. The second kappa shape index (κ2) is 11.3. The molecule has 0 amide bonds. The zero-order chi connectivity index (χ0) is 18.1. The quantitative estimate of drug-likeness (QED) is 0.187. The van der Waals surface area contributed by atoms with Gasteiger partial charge in [-0.2, -0.15) is 0 Å². The molecule has 1 fully saturated rings. The molecule has 0 aromatic heterocycles. The third-order valence-electron chi connectivity index (χ3n) is 4.77. The van der Waals surface area contributed by atoms with Gasteiger partial charge in [-0.25, -0.2) is 4.99 Å². The number of nitrogens with one attached hydrogen (secondary N) is 2. The monoisotopic (exact) mass is 476 g/mol. The average Bonchev–Trinajstić information content (AvgIpc) is 2.58. The second-order valence-corrected chi connectivity index (χ2v) is 6.57. The molecule has 0 atom stereocenters. The number of nitro groups is 1. The summed E-state index contributed by atoms with van der Waals surface area (Å²) in [5.41, 5.74) is 1.22. The van der Waals surface area contributed by atoms with Crippen LogP contribution in [-0.2, 0) is 11.3 Å². The summed E-state index contributed by atoms with van der Waals surface area (Å²) in [6.45, 7) is 4.85. The molecule has 1 aliphatic rings. The fraction of sp³-hybridized carbons (Fsp3) is 0.611. The predicted octanol–water partition coefficient (Wildman–Crippen LogP) is 3.47. The molecule has 0 bridgehead atoms. The highest BCUT2D eigenvalue weighted by Gasteiger charge is 2.36. The lowest BCUT2D eigenvalue weighted by molar-refractivity contribution is -0.384. The molecule has 1 saturated carbocycles. The molecule has 7 nitrogen and oxygen atoms in total. The fourth-order valence-electron chi connectivity index (χ4n) is 3.06. The van der Waals surface area contributed by atoms with Gasteiger partial charge in [0.25, 0.3) is 5.69 Å². The van der Waals surface area contributed by atoms with Crippen LogP contribution in [0.1, 0.15) is 38.2 Å². The van der Waals surface area contributed by atoms with Gasteiger partial charge in [0.2, 0.25) is 0 Å². The number of non-ortho nitro benzene ring substituents is 1. The van der Waals surface area contributed by atoms with E-state index in [-0.39, 0.29) is 34.6 Å². The molecule has 0 spiro atoms. The van der Waals surface area contributed by atoms with Crippen molar-refractivity contribution in [2.75, 3.05) is 26.8 Å². The zero-order valence-electron chi connectivity index (χ0n) is 15.5. The molecule has 1 aromatic rings. The maximum atomic E-state index is 10.9. The van der Waals surface area contributed by atoms with Crippen molar-refractivity contribution in [1.29, 1.82) is 0 Å². The van der Waals surface area contributed by atoms with Gasteiger partial charge in [-0.15, -0.1) is 24.0 Å². The van der Waals surface area contributed by atoms with Crippen molar-refractivity contribution in [1.82, 2.24) is 10.6 Å². The van der Waals surface area contributed by atoms with Crippen molar-refractivity contribution in [3.05, 3.63) is 39.9 Å². The summed E-state index contributed by atoms with van der Waals surface area (Å²) in [5, 5.41) is 17.5. The van der Waals surface area contributed by atoms with E-state index in [1.165, 1.54) is 25.3 Å². The summed E-state index contributed by atoms with van der Waals surface area (Å²) in [7, 11) is 1.74. The lowest BCUT2D eigenvalue weighted by Crippen LogP contribution is -2.46. The van der Waals surface area contributed by atoms with Crippen LogP contribution in [0.15, 0.2) is 29.3 Å². The molecule has 0 saturated heterocycles. The Labute approximate surface area is 172 Å². The molecular weight excluding hydrogens is 447 g/mol. The SMILES string of the molecule is CCNC(=NCc1cccc([N+](=O)[O-])c1)NCC1(CCOC)CCC1.I. The van der Waals surface area contributed by atoms with Gasteiger partial charge in [-0.05, 0) is 37.2 Å². The molecule has 2 rings (SSSR count). The summed E-state index contributed by atoms with van der Waals surface area (Å²) >= 11 is 0. The molecule has 1 aromatic carbocycles. The standard InChI is InChI=1S/C18H28N4O3.HI/c1-3-19-17(21-14-18(8-5-9-18)10-11-25-2)20-13-15-6-4-7-16(12-15)22(23)24;/h4,6-7,12H,3,5,8-11,13-14H2,1-2H3,(H2,19,20,21);1H. The van der Waals surface area contributed by atoms with E-state index >= 15 is 0 Å². The fourth-order valence-corrected chi connectivity index (χ4v) is 3.06. The van der Waals surface area contributed by atoms with Crippen molar-refractivity contribution >= 4 is 35.6 Å². The van der Waals surface area contributed by atoms with E-state index in [4.69, 9.17) is 4.74 Å². The highest BCUT2D eigenvalue weighted by Crippen LogP contribution is 2.43. The van der Waals surface area contributed by atoms with Crippen molar-refractivity contribution < 1.29 is 9.66 Å². The van der Waals surface area contributed by atoms with Crippen LogP contribution in [0, 0.1) is 15.5 Å². The summed E-state index contributed by atoms with van der Waals surface area (Å²) in [6, 6.07) is 6.61. The van der Waals surface area contributed by atoms with Gasteiger partial charge in [0.1, 0.15) is 0 Å². The van der Waals surface area contributed by atoms with Crippen molar-refractivity contribution in [3.8, 4) is 0 Å². The maximum Gasteiger partial charge on any atom is 0.269 e. The highest BCUT2D eigenvalue weighted by atomic mass is 127. The number of guanidine groups is 1. The number of rotatable bonds is 9. The molecule has 8 heteroatoms. The minimum Gasteiger partial charge on any atom is -0.385 e. The Morgan fingerprint density at radius 2 is 2.15 bits per heavy atom. The van der Waals surface area contributed by atoms with Gasteiger partial charge >= 0.3 is 0 Å².